The molecule has 1 fully saturated rings. The molecular weight excluding hydrogens is 262 g/mol. The number of nitrogen functional groups attached to an aromatic ring is 1. The van der Waals surface area contributed by atoms with Crippen LogP contribution >= 0.6 is 11.5 Å². The van der Waals surface area contributed by atoms with Gasteiger partial charge in [-0.3, -0.25) is 0 Å². The fraction of sp³-hybridized carbons (Fsp3) is 0.692. The van der Waals surface area contributed by atoms with Crippen LogP contribution in [0.25, 0.3) is 0 Å². The molecule has 6 heteroatoms. The number of hydrogen-bond donors (Lipinski definition) is 1. The molecule has 0 bridgehead atoms. The summed E-state index contributed by atoms with van der Waals surface area (Å²) in [5.74, 6) is 0.562. The molecule has 1 aromatic heterocycles. The van der Waals surface area contributed by atoms with Gasteiger partial charge in [-0.1, -0.05) is 19.3 Å². The number of nitrogens with zero attached hydrogens (tertiary/aromatic N) is 2. The molecule has 106 valence electrons. The fourth-order valence-corrected chi connectivity index (χ4v) is 3.46. The molecule has 0 aliphatic heterocycles. The SMILES string of the molecule is COC(=O)c1c(N)nsc1N(C)CC1CCCCC1. The minimum absolute atomic E-state index is 0.266. The van der Waals surface area contributed by atoms with Crippen molar-refractivity contribution in [1.29, 1.82) is 0 Å². The summed E-state index contributed by atoms with van der Waals surface area (Å²) in [5, 5.41) is 0.815. The predicted octanol–water partition coefficient (Wildman–Crippen LogP) is 2.53. The van der Waals surface area contributed by atoms with Crippen molar-refractivity contribution in [2.75, 3.05) is 31.3 Å². The fourth-order valence-electron chi connectivity index (χ4n) is 2.69. The average molecular weight is 283 g/mol. The van der Waals surface area contributed by atoms with Crippen LogP contribution in [0.4, 0.5) is 10.8 Å². The first-order valence-corrected chi connectivity index (χ1v) is 7.45. The highest BCUT2D eigenvalue weighted by molar-refractivity contribution is 7.11. The van der Waals surface area contributed by atoms with Gasteiger partial charge < -0.3 is 15.4 Å². The Morgan fingerprint density at radius 2 is 2.16 bits per heavy atom. The van der Waals surface area contributed by atoms with Gasteiger partial charge in [-0.15, -0.1) is 0 Å². The summed E-state index contributed by atoms with van der Waals surface area (Å²) in [4.78, 5) is 13.8. The summed E-state index contributed by atoms with van der Waals surface area (Å²) in [7, 11) is 3.36. The maximum absolute atomic E-state index is 11.8. The molecule has 1 aromatic rings. The quantitative estimate of drug-likeness (QED) is 0.860. The number of carbonyl (C=O) groups is 1. The molecule has 0 aromatic carbocycles. The number of carbonyl (C=O) groups excluding carboxylic acids is 1. The second kappa shape index (κ2) is 6.23. The van der Waals surface area contributed by atoms with Crippen molar-refractivity contribution in [3.63, 3.8) is 0 Å². The van der Waals surface area contributed by atoms with Gasteiger partial charge in [-0.05, 0) is 30.3 Å². The molecule has 19 heavy (non-hydrogen) atoms. The third-order valence-electron chi connectivity index (χ3n) is 3.69. The maximum atomic E-state index is 11.8. The summed E-state index contributed by atoms with van der Waals surface area (Å²) in [5.41, 5.74) is 6.17. The van der Waals surface area contributed by atoms with E-state index in [0.717, 1.165) is 11.5 Å². The van der Waals surface area contributed by atoms with Crippen molar-refractivity contribution >= 4 is 28.3 Å². The van der Waals surface area contributed by atoms with Crippen LogP contribution in [0.5, 0.6) is 0 Å². The van der Waals surface area contributed by atoms with Crippen molar-refractivity contribution in [3.8, 4) is 0 Å². The number of rotatable bonds is 4. The Balaban J connectivity index is 2.10. The Kier molecular flexibility index (Phi) is 4.63. The summed E-state index contributed by atoms with van der Waals surface area (Å²) < 4.78 is 8.85. The number of hydrogen-bond acceptors (Lipinski definition) is 6. The van der Waals surface area contributed by atoms with E-state index in [1.807, 2.05) is 7.05 Å². The maximum Gasteiger partial charge on any atom is 0.344 e. The third kappa shape index (κ3) is 3.18. The lowest BCUT2D eigenvalue weighted by molar-refractivity contribution is 0.0603. The van der Waals surface area contributed by atoms with Gasteiger partial charge in [0.2, 0.25) is 0 Å². The number of esters is 1. The molecule has 0 amide bonds. The highest BCUT2D eigenvalue weighted by Gasteiger charge is 2.24. The number of aromatic nitrogens is 1. The molecule has 0 unspecified atom stereocenters. The van der Waals surface area contributed by atoms with Gasteiger partial charge in [-0.2, -0.15) is 4.37 Å². The van der Waals surface area contributed by atoms with Crippen molar-refractivity contribution in [2.24, 2.45) is 5.92 Å². The van der Waals surface area contributed by atoms with Gasteiger partial charge in [0.1, 0.15) is 10.6 Å². The first kappa shape index (κ1) is 14.1. The van der Waals surface area contributed by atoms with Crippen LogP contribution in [0.15, 0.2) is 0 Å². The van der Waals surface area contributed by atoms with Crippen LogP contribution in [0.3, 0.4) is 0 Å². The monoisotopic (exact) mass is 283 g/mol. The summed E-state index contributed by atoms with van der Waals surface area (Å²) in [6, 6.07) is 0. The normalized spacial score (nSPS) is 16.3. The minimum Gasteiger partial charge on any atom is -0.465 e. The lowest BCUT2D eigenvalue weighted by atomic mass is 9.89. The van der Waals surface area contributed by atoms with Crippen LogP contribution in [0.2, 0.25) is 0 Å². The van der Waals surface area contributed by atoms with E-state index in [1.54, 1.807) is 0 Å². The number of methoxy groups -OCH3 is 1. The average Bonchev–Trinajstić information content (AvgIpc) is 2.81. The predicted molar refractivity (Wildman–Crippen MR) is 77.7 cm³/mol. The van der Waals surface area contributed by atoms with E-state index in [4.69, 9.17) is 10.5 Å². The molecule has 0 saturated heterocycles. The number of nitrogens with two attached hydrogens (primary N) is 1. The first-order valence-electron chi connectivity index (χ1n) is 6.68. The zero-order chi connectivity index (χ0) is 13.8. The molecule has 2 rings (SSSR count). The Morgan fingerprint density at radius 3 is 2.79 bits per heavy atom. The Hall–Kier alpha value is -1.30. The van der Waals surface area contributed by atoms with Gasteiger partial charge in [0.05, 0.1) is 7.11 Å². The Morgan fingerprint density at radius 1 is 1.47 bits per heavy atom. The standard InChI is InChI=1S/C13H21N3O2S/c1-16(8-9-6-4-3-5-7-9)12-10(13(17)18-2)11(14)15-19-12/h9H,3-8H2,1-2H3,(H2,14,15). The van der Waals surface area contributed by atoms with Gasteiger partial charge >= 0.3 is 5.97 Å². The van der Waals surface area contributed by atoms with Gasteiger partial charge in [0.15, 0.2) is 5.82 Å². The molecule has 0 radical (unpaired) electrons. The van der Waals surface area contributed by atoms with Crippen molar-refractivity contribution in [1.82, 2.24) is 4.37 Å². The van der Waals surface area contributed by atoms with E-state index in [9.17, 15) is 4.79 Å². The van der Waals surface area contributed by atoms with Crippen molar-refractivity contribution in [3.05, 3.63) is 5.56 Å². The zero-order valence-corrected chi connectivity index (χ0v) is 12.3. The van der Waals surface area contributed by atoms with E-state index >= 15 is 0 Å². The van der Waals surface area contributed by atoms with Crippen LogP contribution in [-0.4, -0.2) is 31.0 Å². The van der Waals surface area contributed by atoms with Crippen LogP contribution in [0, 0.1) is 5.92 Å². The van der Waals surface area contributed by atoms with Crippen molar-refractivity contribution < 1.29 is 9.53 Å². The minimum atomic E-state index is -0.406. The van der Waals surface area contributed by atoms with Crippen LogP contribution < -0.4 is 10.6 Å². The van der Waals surface area contributed by atoms with Crippen LogP contribution in [0.1, 0.15) is 42.5 Å². The lowest BCUT2D eigenvalue weighted by Gasteiger charge is -2.27. The Bertz CT molecular complexity index is 441. The van der Waals surface area contributed by atoms with E-state index in [1.165, 1.54) is 50.7 Å². The van der Waals surface area contributed by atoms with E-state index in [2.05, 4.69) is 9.27 Å². The topological polar surface area (TPSA) is 68.5 Å². The molecule has 1 saturated carbocycles. The Labute approximate surface area is 117 Å². The largest absolute Gasteiger partial charge is 0.465 e. The number of ether oxygens (including phenoxy) is 1. The highest BCUT2D eigenvalue weighted by Crippen LogP contribution is 2.32. The van der Waals surface area contributed by atoms with Gasteiger partial charge in [0.25, 0.3) is 0 Å². The molecule has 1 heterocycles. The van der Waals surface area contributed by atoms with Gasteiger partial charge in [0, 0.05) is 13.6 Å². The second-order valence-electron chi connectivity index (χ2n) is 5.12. The third-order valence-corrected chi connectivity index (χ3v) is 4.67. The molecule has 1 aliphatic carbocycles. The molecule has 0 atom stereocenters. The molecule has 5 nitrogen and oxygen atoms in total. The van der Waals surface area contributed by atoms with E-state index in [-0.39, 0.29) is 5.82 Å². The molecular formula is C13H21N3O2S. The smallest absolute Gasteiger partial charge is 0.344 e. The van der Waals surface area contributed by atoms with Gasteiger partial charge in [-0.25, -0.2) is 4.79 Å². The molecule has 1 aliphatic rings. The second-order valence-corrected chi connectivity index (χ2v) is 5.88. The molecule has 2 N–H and O–H groups in total. The zero-order valence-electron chi connectivity index (χ0n) is 11.5. The number of anilines is 2. The van der Waals surface area contributed by atoms with Crippen LogP contribution in [-0.2, 0) is 4.74 Å². The summed E-state index contributed by atoms with van der Waals surface area (Å²) in [6.07, 6.45) is 6.51. The first-order chi connectivity index (χ1) is 9.13. The summed E-state index contributed by atoms with van der Waals surface area (Å²) >= 11 is 1.27. The van der Waals surface area contributed by atoms with Crippen molar-refractivity contribution in [2.45, 2.75) is 32.1 Å². The van der Waals surface area contributed by atoms with E-state index < -0.39 is 5.97 Å². The lowest BCUT2D eigenvalue weighted by Crippen LogP contribution is -2.27. The molecule has 0 spiro atoms. The highest BCUT2D eigenvalue weighted by atomic mass is 32.1. The summed E-state index contributed by atoms with van der Waals surface area (Å²) in [6.45, 7) is 0.950. The van der Waals surface area contributed by atoms with E-state index in [0.29, 0.717) is 11.5 Å².